The average molecular weight is 499 g/mol. The summed E-state index contributed by atoms with van der Waals surface area (Å²) in [6, 6.07) is 13.2. The fourth-order valence-electron chi connectivity index (χ4n) is 3.83. The number of carbonyl (C=O) groups is 2. The summed E-state index contributed by atoms with van der Waals surface area (Å²) < 4.78 is 16.5. The van der Waals surface area contributed by atoms with E-state index in [0.29, 0.717) is 48.2 Å². The highest BCUT2D eigenvalue weighted by Gasteiger charge is 2.24. The van der Waals surface area contributed by atoms with Crippen molar-refractivity contribution in [1.82, 2.24) is 9.80 Å². The first-order chi connectivity index (χ1) is 16.8. The van der Waals surface area contributed by atoms with E-state index in [1.165, 1.54) is 11.3 Å². The first-order valence-electron chi connectivity index (χ1n) is 11.7. The third-order valence-corrected chi connectivity index (χ3v) is 6.40. The van der Waals surface area contributed by atoms with Crippen LogP contribution in [0, 0.1) is 12.8 Å². The lowest BCUT2D eigenvalue weighted by Crippen LogP contribution is -2.44. The second-order valence-corrected chi connectivity index (χ2v) is 9.77. The zero-order valence-electron chi connectivity index (χ0n) is 21.1. The molecule has 0 saturated carbocycles. The van der Waals surface area contributed by atoms with Gasteiger partial charge >= 0.3 is 0 Å². The molecular formula is C27H34N2O5S. The molecule has 0 unspecified atom stereocenters. The van der Waals surface area contributed by atoms with E-state index in [1.807, 2.05) is 62.5 Å². The number of rotatable bonds is 12. The van der Waals surface area contributed by atoms with Crippen LogP contribution >= 0.6 is 11.3 Å². The molecule has 0 radical (unpaired) electrons. The molecule has 0 bridgehead atoms. The number of hydrogen-bond acceptors (Lipinski definition) is 6. The van der Waals surface area contributed by atoms with Gasteiger partial charge in [-0.05, 0) is 60.5 Å². The van der Waals surface area contributed by atoms with E-state index < -0.39 is 0 Å². The highest BCUT2D eigenvalue weighted by atomic mass is 32.1. The Labute approximate surface area is 211 Å². The van der Waals surface area contributed by atoms with Crippen molar-refractivity contribution in [3.05, 3.63) is 69.8 Å². The number of hydrogen-bond donors (Lipinski definition) is 0. The molecule has 0 spiro atoms. The van der Waals surface area contributed by atoms with Crippen molar-refractivity contribution >= 4 is 23.2 Å². The highest BCUT2D eigenvalue weighted by molar-refractivity contribution is 7.12. The minimum Gasteiger partial charge on any atom is -0.493 e. The van der Waals surface area contributed by atoms with E-state index in [-0.39, 0.29) is 24.3 Å². The Hall–Kier alpha value is -3.26. The minimum atomic E-state index is -0.120. The predicted octanol–water partition coefficient (Wildman–Crippen LogP) is 5.04. The summed E-state index contributed by atoms with van der Waals surface area (Å²) in [5.41, 5.74) is 1.02. The Kier molecular flexibility index (Phi) is 9.37. The number of benzene rings is 1. The van der Waals surface area contributed by atoms with Crippen LogP contribution in [0.5, 0.6) is 11.5 Å². The first-order valence-corrected chi connectivity index (χ1v) is 12.6. The van der Waals surface area contributed by atoms with E-state index >= 15 is 0 Å². The van der Waals surface area contributed by atoms with Gasteiger partial charge in [0, 0.05) is 13.1 Å². The number of ether oxygens (including phenoxy) is 2. The van der Waals surface area contributed by atoms with Gasteiger partial charge in [0.2, 0.25) is 5.91 Å². The van der Waals surface area contributed by atoms with Gasteiger partial charge in [0.15, 0.2) is 11.5 Å². The molecule has 0 aliphatic carbocycles. The van der Waals surface area contributed by atoms with Crippen LogP contribution in [0.3, 0.4) is 0 Å². The molecule has 35 heavy (non-hydrogen) atoms. The van der Waals surface area contributed by atoms with E-state index in [4.69, 9.17) is 13.9 Å². The SMILES string of the molecule is COc1ccc(CCN(Cc2ccc(C)o2)C(=O)CN(CC(C)C)C(=O)c2cccs2)cc1OC. The fraction of sp³-hybridized carbons (Fsp3) is 0.407. The molecule has 0 saturated heterocycles. The van der Waals surface area contributed by atoms with Crippen LogP contribution in [0.1, 0.15) is 40.6 Å². The molecule has 188 valence electrons. The number of nitrogens with zero attached hydrogens (tertiary/aromatic N) is 2. The van der Waals surface area contributed by atoms with Crippen LogP contribution in [0.2, 0.25) is 0 Å². The molecule has 8 heteroatoms. The molecule has 2 heterocycles. The summed E-state index contributed by atoms with van der Waals surface area (Å²) in [4.78, 5) is 30.6. The van der Waals surface area contributed by atoms with E-state index in [1.54, 1.807) is 30.1 Å². The fourth-order valence-corrected chi connectivity index (χ4v) is 4.52. The summed E-state index contributed by atoms with van der Waals surface area (Å²) in [5, 5.41) is 1.87. The topological polar surface area (TPSA) is 72.2 Å². The van der Waals surface area contributed by atoms with E-state index in [9.17, 15) is 9.59 Å². The van der Waals surface area contributed by atoms with Crippen LogP contribution < -0.4 is 9.47 Å². The molecule has 0 N–H and O–H groups in total. The average Bonchev–Trinajstić information content (AvgIpc) is 3.52. The molecule has 0 aliphatic heterocycles. The second-order valence-electron chi connectivity index (χ2n) is 8.82. The summed E-state index contributed by atoms with van der Waals surface area (Å²) in [5.74, 6) is 2.81. The molecular weight excluding hydrogens is 464 g/mol. The van der Waals surface area contributed by atoms with Crippen LogP contribution in [-0.2, 0) is 17.8 Å². The van der Waals surface area contributed by atoms with Crippen molar-refractivity contribution in [1.29, 1.82) is 0 Å². The maximum atomic E-state index is 13.5. The van der Waals surface area contributed by atoms with Gasteiger partial charge < -0.3 is 23.7 Å². The van der Waals surface area contributed by atoms with Gasteiger partial charge in [-0.15, -0.1) is 11.3 Å². The molecule has 7 nitrogen and oxygen atoms in total. The number of furan rings is 1. The van der Waals surface area contributed by atoms with Crippen LogP contribution in [0.15, 0.2) is 52.3 Å². The smallest absolute Gasteiger partial charge is 0.264 e. The van der Waals surface area contributed by atoms with Gasteiger partial charge in [-0.3, -0.25) is 9.59 Å². The van der Waals surface area contributed by atoms with Gasteiger partial charge in [0.1, 0.15) is 18.1 Å². The van der Waals surface area contributed by atoms with Crippen molar-refractivity contribution in [3.63, 3.8) is 0 Å². The lowest BCUT2D eigenvalue weighted by Gasteiger charge is -2.28. The lowest BCUT2D eigenvalue weighted by atomic mass is 10.1. The third-order valence-electron chi connectivity index (χ3n) is 5.54. The number of methoxy groups -OCH3 is 2. The zero-order chi connectivity index (χ0) is 25.4. The Morgan fingerprint density at radius 2 is 1.80 bits per heavy atom. The van der Waals surface area contributed by atoms with Crippen molar-refractivity contribution in [2.45, 2.75) is 33.7 Å². The summed E-state index contributed by atoms with van der Waals surface area (Å²) >= 11 is 1.39. The van der Waals surface area contributed by atoms with Crippen molar-refractivity contribution in [2.75, 3.05) is 33.9 Å². The normalized spacial score (nSPS) is 10.9. The molecule has 0 aliphatic rings. The molecule has 2 amide bonds. The Morgan fingerprint density at radius 3 is 2.40 bits per heavy atom. The third kappa shape index (κ3) is 7.36. The number of amides is 2. The summed E-state index contributed by atoms with van der Waals surface area (Å²) in [6.45, 7) is 7.29. The minimum absolute atomic E-state index is 0.0144. The maximum absolute atomic E-state index is 13.5. The predicted molar refractivity (Wildman–Crippen MR) is 137 cm³/mol. The van der Waals surface area contributed by atoms with Crippen molar-refractivity contribution in [2.24, 2.45) is 5.92 Å². The Morgan fingerprint density at radius 1 is 1.03 bits per heavy atom. The van der Waals surface area contributed by atoms with Gasteiger partial charge in [-0.2, -0.15) is 0 Å². The van der Waals surface area contributed by atoms with Crippen molar-refractivity contribution in [3.8, 4) is 11.5 Å². The largest absolute Gasteiger partial charge is 0.493 e. The van der Waals surface area contributed by atoms with Gasteiger partial charge in [-0.1, -0.05) is 26.0 Å². The Balaban J connectivity index is 1.78. The number of carbonyl (C=O) groups excluding carboxylic acids is 2. The van der Waals surface area contributed by atoms with Crippen LogP contribution in [0.25, 0.3) is 0 Å². The summed E-state index contributed by atoms with van der Waals surface area (Å²) in [6.07, 6.45) is 0.620. The monoisotopic (exact) mass is 498 g/mol. The standard InChI is InChI=1S/C27H34N2O5S/c1-19(2)16-29(27(31)25-7-6-14-35-25)18-26(30)28(17-22-10-8-20(3)34-22)13-12-21-9-11-23(32-4)24(15-21)33-5/h6-11,14-15,19H,12-13,16-18H2,1-5H3. The Bertz CT molecular complexity index is 1110. The number of aryl methyl sites for hydroxylation is 1. The van der Waals surface area contributed by atoms with Gasteiger partial charge in [0.25, 0.3) is 5.91 Å². The molecule has 0 atom stereocenters. The maximum Gasteiger partial charge on any atom is 0.264 e. The molecule has 2 aromatic heterocycles. The van der Waals surface area contributed by atoms with Crippen LogP contribution in [0.4, 0.5) is 0 Å². The first kappa shape index (κ1) is 26.3. The van der Waals surface area contributed by atoms with E-state index in [0.717, 1.165) is 11.3 Å². The van der Waals surface area contributed by atoms with Gasteiger partial charge in [-0.25, -0.2) is 0 Å². The lowest BCUT2D eigenvalue weighted by molar-refractivity contribution is -0.132. The second kappa shape index (κ2) is 12.4. The molecule has 1 aromatic carbocycles. The summed E-state index contributed by atoms with van der Waals surface area (Å²) in [7, 11) is 3.20. The number of thiophene rings is 1. The molecule has 3 aromatic rings. The quantitative estimate of drug-likeness (QED) is 0.350. The highest BCUT2D eigenvalue weighted by Crippen LogP contribution is 2.28. The zero-order valence-corrected chi connectivity index (χ0v) is 21.9. The van der Waals surface area contributed by atoms with Gasteiger partial charge in [0.05, 0.1) is 25.6 Å². The van der Waals surface area contributed by atoms with Crippen LogP contribution in [-0.4, -0.2) is 55.5 Å². The van der Waals surface area contributed by atoms with E-state index in [2.05, 4.69) is 0 Å². The van der Waals surface area contributed by atoms with Crippen molar-refractivity contribution < 1.29 is 23.5 Å². The molecule has 3 rings (SSSR count). The molecule has 0 fully saturated rings.